The average Bonchev–Trinajstić information content (AvgIpc) is 2.40. The Labute approximate surface area is 61.1 Å². The van der Waals surface area contributed by atoms with E-state index in [1.807, 2.05) is 0 Å². The van der Waals surface area contributed by atoms with E-state index in [-0.39, 0.29) is 6.61 Å². The van der Waals surface area contributed by atoms with Gasteiger partial charge < -0.3 is 15.5 Å². The van der Waals surface area contributed by atoms with Crippen LogP contribution in [-0.2, 0) is 0 Å². The fourth-order valence-corrected chi connectivity index (χ4v) is 1.37. The second kappa shape index (κ2) is 3.91. The molecule has 1 heterocycles. The highest BCUT2D eigenvalue weighted by molar-refractivity contribution is 4.73. The van der Waals surface area contributed by atoms with Gasteiger partial charge in [-0.15, -0.1) is 0 Å². The van der Waals surface area contributed by atoms with Crippen molar-refractivity contribution in [2.24, 2.45) is 5.92 Å². The van der Waals surface area contributed by atoms with Crippen molar-refractivity contribution in [1.29, 1.82) is 0 Å². The molecule has 1 unspecified atom stereocenters. The minimum absolute atomic E-state index is 0.101. The quantitative estimate of drug-likeness (QED) is 0.494. The van der Waals surface area contributed by atoms with Crippen molar-refractivity contribution in [2.75, 3.05) is 19.7 Å². The molecule has 60 valence electrons. The van der Waals surface area contributed by atoms with Crippen LogP contribution in [0.1, 0.15) is 12.8 Å². The molecule has 3 nitrogen and oxygen atoms in total. The second-order valence-corrected chi connectivity index (χ2v) is 2.93. The van der Waals surface area contributed by atoms with Gasteiger partial charge in [-0.25, -0.2) is 0 Å². The van der Waals surface area contributed by atoms with Crippen LogP contribution in [0.3, 0.4) is 0 Å². The Morgan fingerprint density at radius 1 is 1.60 bits per heavy atom. The van der Waals surface area contributed by atoms with Gasteiger partial charge in [-0.3, -0.25) is 0 Å². The van der Waals surface area contributed by atoms with Crippen LogP contribution in [0, 0.1) is 5.92 Å². The predicted molar refractivity (Wildman–Crippen MR) is 38.7 cm³/mol. The van der Waals surface area contributed by atoms with Crippen LogP contribution in [0.25, 0.3) is 0 Å². The summed E-state index contributed by atoms with van der Waals surface area (Å²) in [5, 5.41) is 20.8. The highest BCUT2D eigenvalue weighted by atomic mass is 16.3. The van der Waals surface area contributed by atoms with Crippen LogP contribution in [0.5, 0.6) is 0 Å². The molecule has 1 aliphatic heterocycles. The first-order valence-corrected chi connectivity index (χ1v) is 3.82. The lowest BCUT2D eigenvalue weighted by Gasteiger charge is -2.11. The van der Waals surface area contributed by atoms with Crippen molar-refractivity contribution in [3.8, 4) is 0 Å². The molecule has 3 N–H and O–H groups in total. The van der Waals surface area contributed by atoms with Gasteiger partial charge in [-0.05, 0) is 31.8 Å². The van der Waals surface area contributed by atoms with E-state index in [1.54, 1.807) is 0 Å². The topological polar surface area (TPSA) is 52.5 Å². The summed E-state index contributed by atoms with van der Waals surface area (Å²) in [5.74, 6) is 0.571. The van der Waals surface area contributed by atoms with Crippen molar-refractivity contribution in [3.63, 3.8) is 0 Å². The van der Waals surface area contributed by atoms with Crippen molar-refractivity contribution < 1.29 is 10.2 Å². The fourth-order valence-electron chi connectivity index (χ4n) is 1.37. The normalized spacial score (nSPS) is 28.8. The smallest absolute Gasteiger partial charge is 0.0774 e. The third-order valence-corrected chi connectivity index (χ3v) is 1.98. The molecule has 0 bridgehead atoms. The lowest BCUT2D eigenvalue weighted by Crippen LogP contribution is -2.18. The third kappa shape index (κ3) is 2.25. The highest BCUT2D eigenvalue weighted by Gasteiger charge is 2.17. The summed E-state index contributed by atoms with van der Waals surface area (Å²) in [7, 11) is 0. The number of aliphatic hydroxyl groups excluding tert-OH is 2. The number of hydrogen-bond donors (Lipinski definition) is 3. The van der Waals surface area contributed by atoms with Gasteiger partial charge in [0.1, 0.15) is 0 Å². The lowest BCUT2D eigenvalue weighted by molar-refractivity contribution is 0.0763. The Morgan fingerprint density at radius 3 is 2.90 bits per heavy atom. The van der Waals surface area contributed by atoms with Crippen LogP contribution < -0.4 is 5.32 Å². The summed E-state index contributed by atoms with van der Waals surface area (Å²) < 4.78 is 0. The summed E-state index contributed by atoms with van der Waals surface area (Å²) in [6.07, 6.45) is 1.37. The SMILES string of the molecule is OC[C@@H](O)CC1CCNC1. The molecule has 0 aromatic rings. The molecule has 1 rings (SSSR count). The minimum atomic E-state index is -0.509. The van der Waals surface area contributed by atoms with Crippen molar-refractivity contribution in [3.05, 3.63) is 0 Å². The second-order valence-electron chi connectivity index (χ2n) is 2.93. The minimum Gasteiger partial charge on any atom is -0.394 e. The van der Waals surface area contributed by atoms with Crippen molar-refractivity contribution in [2.45, 2.75) is 18.9 Å². The van der Waals surface area contributed by atoms with Gasteiger partial charge in [0.05, 0.1) is 12.7 Å². The zero-order chi connectivity index (χ0) is 7.40. The zero-order valence-electron chi connectivity index (χ0n) is 6.08. The molecule has 1 fully saturated rings. The Kier molecular flexibility index (Phi) is 3.12. The standard InChI is InChI=1S/C7H15NO2/c9-5-7(10)3-6-1-2-8-4-6/h6-10H,1-5H2/t6?,7-/m0/s1. The van der Waals surface area contributed by atoms with Gasteiger partial charge in [0.25, 0.3) is 0 Å². The molecular weight excluding hydrogens is 130 g/mol. The van der Waals surface area contributed by atoms with Crippen LogP contribution in [0.4, 0.5) is 0 Å². The number of nitrogens with one attached hydrogen (secondary N) is 1. The largest absolute Gasteiger partial charge is 0.394 e. The maximum atomic E-state index is 9.04. The first-order valence-electron chi connectivity index (χ1n) is 3.82. The van der Waals surface area contributed by atoms with E-state index >= 15 is 0 Å². The number of aliphatic hydroxyl groups is 2. The van der Waals surface area contributed by atoms with E-state index in [9.17, 15) is 0 Å². The summed E-state index contributed by atoms with van der Waals surface area (Å²) in [5.41, 5.74) is 0. The molecule has 1 aliphatic rings. The summed E-state index contributed by atoms with van der Waals surface area (Å²) in [6.45, 7) is 1.95. The average molecular weight is 145 g/mol. The molecule has 1 saturated heterocycles. The molecule has 0 amide bonds. The van der Waals surface area contributed by atoms with Gasteiger partial charge in [-0.2, -0.15) is 0 Å². The molecule has 0 radical (unpaired) electrons. The number of hydrogen-bond acceptors (Lipinski definition) is 3. The first kappa shape index (κ1) is 7.98. The van der Waals surface area contributed by atoms with Gasteiger partial charge in [0.15, 0.2) is 0 Å². The molecule has 0 aromatic heterocycles. The van der Waals surface area contributed by atoms with E-state index in [4.69, 9.17) is 10.2 Å². The highest BCUT2D eigenvalue weighted by Crippen LogP contribution is 2.13. The van der Waals surface area contributed by atoms with E-state index in [2.05, 4.69) is 5.32 Å². The molecule has 0 spiro atoms. The fraction of sp³-hybridized carbons (Fsp3) is 1.00. The predicted octanol–water partition coefficient (Wildman–Crippen LogP) is -0.661. The molecule has 0 aromatic carbocycles. The summed E-state index contributed by atoms with van der Waals surface area (Å²) in [6, 6.07) is 0. The first-order chi connectivity index (χ1) is 4.83. The van der Waals surface area contributed by atoms with Crippen LogP contribution in [0.15, 0.2) is 0 Å². The monoisotopic (exact) mass is 145 g/mol. The van der Waals surface area contributed by atoms with Crippen molar-refractivity contribution in [1.82, 2.24) is 5.32 Å². The summed E-state index contributed by atoms with van der Waals surface area (Å²) >= 11 is 0. The number of rotatable bonds is 3. The van der Waals surface area contributed by atoms with E-state index < -0.39 is 6.10 Å². The van der Waals surface area contributed by atoms with Crippen LogP contribution >= 0.6 is 0 Å². The van der Waals surface area contributed by atoms with Gasteiger partial charge >= 0.3 is 0 Å². The molecule has 0 saturated carbocycles. The molecule has 10 heavy (non-hydrogen) atoms. The Bertz CT molecular complexity index is 91.6. The van der Waals surface area contributed by atoms with Crippen LogP contribution in [0.2, 0.25) is 0 Å². The van der Waals surface area contributed by atoms with Gasteiger partial charge in [0, 0.05) is 0 Å². The lowest BCUT2D eigenvalue weighted by atomic mass is 10.0. The van der Waals surface area contributed by atoms with Crippen LogP contribution in [-0.4, -0.2) is 36.0 Å². The Balaban J connectivity index is 2.11. The molecule has 2 atom stereocenters. The Hall–Kier alpha value is -0.120. The van der Waals surface area contributed by atoms with E-state index in [0.29, 0.717) is 5.92 Å². The molecule has 0 aliphatic carbocycles. The zero-order valence-corrected chi connectivity index (χ0v) is 6.08. The molecule has 3 heteroatoms. The van der Waals surface area contributed by atoms with E-state index in [0.717, 1.165) is 25.9 Å². The summed E-state index contributed by atoms with van der Waals surface area (Å²) in [4.78, 5) is 0. The van der Waals surface area contributed by atoms with Gasteiger partial charge in [0.2, 0.25) is 0 Å². The Morgan fingerprint density at radius 2 is 2.40 bits per heavy atom. The van der Waals surface area contributed by atoms with Crippen molar-refractivity contribution >= 4 is 0 Å². The van der Waals surface area contributed by atoms with Gasteiger partial charge in [-0.1, -0.05) is 0 Å². The third-order valence-electron chi connectivity index (χ3n) is 1.98. The van der Waals surface area contributed by atoms with E-state index in [1.165, 1.54) is 0 Å². The maximum Gasteiger partial charge on any atom is 0.0774 e. The maximum absolute atomic E-state index is 9.04. The molecular formula is C7H15NO2.